The van der Waals surface area contributed by atoms with E-state index in [0.717, 1.165) is 0 Å². The van der Waals surface area contributed by atoms with Gasteiger partial charge in [0.1, 0.15) is 0 Å². The van der Waals surface area contributed by atoms with Gasteiger partial charge in [0.15, 0.2) is 5.75 Å². The van der Waals surface area contributed by atoms with Crippen LogP contribution in [0.25, 0.3) is 0 Å². The first-order valence-corrected chi connectivity index (χ1v) is 9.44. The number of ether oxygens (including phenoxy) is 2. The summed E-state index contributed by atoms with van der Waals surface area (Å²) in [6, 6.07) is 4.30. The van der Waals surface area contributed by atoms with Crippen molar-refractivity contribution in [3.63, 3.8) is 0 Å². The summed E-state index contributed by atoms with van der Waals surface area (Å²) in [5, 5.41) is 20.1. The largest absolute Gasteiger partial charge is 0.490 e. The molecule has 27 heavy (non-hydrogen) atoms. The molecule has 0 radical (unpaired) electrons. The van der Waals surface area contributed by atoms with Gasteiger partial charge in [-0.3, -0.25) is 19.7 Å². The SMILES string of the molecule is COc1ccc(CSCC(=O)N2CC(OC)CC2CC(=O)O)cc1[N+](=O)[O-]. The van der Waals surface area contributed by atoms with Crippen molar-refractivity contribution in [3.8, 4) is 5.75 Å². The average Bonchev–Trinajstić information content (AvgIpc) is 3.03. The van der Waals surface area contributed by atoms with E-state index in [9.17, 15) is 19.7 Å². The molecule has 148 valence electrons. The molecule has 2 rings (SSSR count). The maximum atomic E-state index is 12.5. The van der Waals surface area contributed by atoms with E-state index in [-0.39, 0.29) is 41.7 Å². The molecule has 1 fully saturated rings. The van der Waals surface area contributed by atoms with Crippen LogP contribution in [0.3, 0.4) is 0 Å². The third-order valence-corrected chi connectivity index (χ3v) is 5.36. The minimum atomic E-state index is -0.951. The fourth-order valence-corrected chi connectivity index (χ4v) is 3.91. The number of hydrogen-bond acceptors (Lipinski definition) is 7. The van der Waals surface area contributed by atoms with Crippen molar-refractivity contribution >= 4 is 29.3 Å². The molecule has 1 aliphatic heterocycles. The molecule has 0 spiro atoms. The summed E-state index contributed by atoms with van der Waals surface area (Å²) in [6.07, 6.45) is 0.234. The van der Waals surface area contributed by atoms with Crippen LogP contribution in [0.1, 0.15) is 18.4 Å². The number of amides is 1. The summed E-state index contributed by atoms with van der Waals surface area (Å²) >= 11 is 1.32. The van der Waals surface area contributed by atoms with Crippen LogP contribution in [0.4, 0.5) is 5.69 Å². The maximum Gasteiger partial charge on any atom is 0.311 e. The lowest BCUT2D eigenvalue weighted by Gasteiger charge is -2.23. The first-order chi connectivity index (χ1) is 12.8. The Hall–Kier alpha value is -2.33. The fourth-order valence-electron chi connectivity index (χ4n) is 3.05. The van der Waals surface area contributed by atoms with Crippen LogP contribution in [0.5, 0.6) is 5.75 Å². The molecular formula is C17H22N2O7S. The van der Waals surface area contributed by atoms with Crippen LogP contribution in [-0.2, 0) is 20.1 Å². The molecule has 1 heterocycles. The Morgan fingerprint density at radius 1 is 1.41 bits per heavy atom. The Labute approximate surface area is 160 Å². The highest BCUT2D eigenvalue weighted by atomic mass is 32.2. The van der Waals surface area contributed by atoms with Crippen molar-refractivity contribution in [1.82, 2.24) is 4.90 Å². The zero-order valence-electron chi connectivity index (χ0n) is 15.1. The number of carboxylic acids is 1. The topological polar surface area (TPSA) is 119 Å². The number of thioether (sulfide) groups is 1. The van der Waals surface area contributed by atoms with Crippen molar-refractivity contribution in [2.75, 3.05) is 26.5 Å². The Kier molecular flexibility index (Phi) is 7.43. The van der Waals surface area contributed by atoms with E-state index in [1.54, 1.807) is 18.1 Å². The molecule has 0 aliphatic carbocycles. The van der Waals surface area contributed by atoms with E-state index in [2.05, 4.69) is 0 Å². The van der Waals surface area contributed by atoms with Gasteiger partial charge >= 0.3 is 11.7 Å². The quantitative estimate of drug-likeness (QED) is 0.495. The first kappa shape index (κ1) is 21.0. The molecule has 1 amide bonds. The van der Waals surface area contributed by atoms with Gasteiger partial charge in [-0.05, 0) is 18.1 Å². The zero-order valence-corrected chi connectivity index (χ0v) is 15.9. The van der Waals surface area contributed by atoms with Crippen LogP contribution >= 0.6 is 11.8 Å². The Morgan fingerprint density at radius 3 is 2.74 bits per heavy atom. The number of likely N-dealkylation sites (tertiary alicyclic amines) is 1. The Balaban J connectivity index is 1.94. The molecule has 1 aliphatic rings. The summed E-state index contributed by atoms with van der Waals surface area (Å²) in [6.45, 7) is 0.377. The van der Waals surface area contributed by atoms with Gasteiger partial charge < -0.3 is 19.5 Å². The van der Waals surface area contributed by atoms with Gasteiger partial charge in [-0.2, -0.15) is 0 Å². The molecule has 1 aromatic carbocycles. The number of carbonyl (C=O) groups excluding carboxylic acids is 1. The lowest BCUT2D eigenvalue weighted by molar-refractivity contribution is -0.385. The highest BCUT2D eigenvalue weighted by Crippen LogP contribution is 2.29. The number of rotatable bonds is 9. The van der Waals surface area contributed by atoms with Crippen LogP contribution in [0.2, 0.25) is 0 Å². The van der Waals surface area contributed by atoms with E-state index in [1.165, 1.54) is 31.0 Å². The van der Waals surface area contributed by atoms with E-state index in [0.29, 0.717) is 24.3 Å². The van der Waals surface area contributed by atoms with Crippen LogP contribution in [0.15, 0.2) is 18.2 Å². The first-order valence-electron chi connectivity index (χ1n) is 8.28. The Bertz CT molecular complexity index is 713. The van der Waals surface area contributed by atoms with Gasteiger partial charge in [0.05, 0.1) is 30.3 Å². The number of carbonyl (C=O) groups is 2. The molecule has 0 aromatic heterocycles. The van der Waals surface area contributed by atoms with Gasteiger partial charge in [-0.15, -0.1) is 11.8 Å². The van der Waals surface area contributed by atoms with E-state index < -0.39 is 10.9 Å². The second-order valence-corrected chi connectivity index (χ2v) is 7.13. The monoisotopic (exact) mass is 398 g/mol. The van der Waals surface area contributed by atoms with Gasteiger partial charge in [0, 0.05) is 31.5 Å². The molecule has 10 heteroatoms. The summed E-state index contributed by atoms with van der Waals surface area (Å²) in [7, 11) is 2.91. The lowest BCUT2D eigenvalue weighted by atomic mass is 10.1. The summed E-state index contributed by atoms with van der Waals surface area (Å²) in [5.41, 5.74) is 0.588. The highest BCUT2D eigenvalue weighted by molar-refractivity contribution is 7.99. The van der Waals surface area contributed by atoms with Crippen molar-refractivity contribution in [2.24, 2.45) is 0 Å². The van der Waals surface area contributed by atoms with Crippen molar-refractivity contribution < 1.29 is 29.1 Å². The second kappa shape index (κ2) is 9.56. The smallest absolute Gasteiger partial charge is 0.311 e. The zero-order chi connectivity index (χ0) is 20.0. The summed E-state index contributed by atoms with van der Waals surface area (Å²) in [5.74, 6) is -0.348. The van der Waals surface area contributed by atoms with E-state index in [1.807, 2.05) is 0 Å². The predicted octanol–water partition coefficient (Wildman–Crippen LogP) is 1.93. The van der Waals surface area contributed by atoms with E-state index in [4.69, 9.17) is 14.6 Å². The molecule has 2 unspecified atom stereocenters. The van der Waals surface area contributed by atoms with Crippen molar-refractivity contribution in [3.05, 3.63) is 33.9 Å². The molecule has 1 aromatic rings. The molecular weight excluding hydrogens is 376 g/mol. The minimum absolute atomic E-state index is 0.110. The second-order valence-electron chi connectivity index (χ2n) is 6.15. The number of nitrogens with zero attached hydrogens (tertiary/aromatic N) is 2. The number of hydrogen-bond donors (Lipinski definition) is 1. The normalized spacial score (nSPS) is 19.1. The number of nitro groups is 1. The van der Waals surface area contributed by atoms with Crippen molar-refractivity contribution in [2.45, 2.75) is 30.7 Å². The standard InChI is InChI=1S/C17H22N2O7S/c1-25-13-6-12(7-17(21)22)18(8-13)16(20)10-27-9-11-3-4-15(26-2)14(5-11)19(23)24/h3-5,12-13H,6-10H2,1-2H3,(H,21,22). The fraction of sp³-hybridized carbons (Fsp3) is 0.529. The van der Waals surface area contributed by atoms with Crippen LogP contribution in [0, 0.1) is 10.1 Å². The third-order valence-electron chi connectivity index (χ3n) is 4.37. The number of aliphatic carboxylic acids is 1. The number of nitro benzene ring substituents is 1. The van der Waals surface area contributed by atoms with Crippen LogP contribution < -0.4 is 4.74 Å². The third kappa shape index (κ3) is 5.57. The minimum Gasteiger partial charge on any atom is -0.490 e. The van der Waals surface area contributed by atoms with Gasteiger partial charge in [-0.25, -0.2) is 0 Å². The predicted molar refractivity (Wildman–Crippen MR) is 99.0 cm³/mol. The molecule has 1 N–H and O–H groups in total. The number of carboxylic acid groups (broad SMARTS) is 1. The molecule has 0 bridgehead atoms. The summed E-state index contributed by atoms with van der Waals surface area (Å²) in [4.78, 5) is 35.6. The molecule has 0 saturated carbocycles. The lowest BCUT2D eigenvalue weighted by Crippen LogP contribution is -2.38. The average molecular weight is 398 g/mol. The van der Waals surface area contributed by atoms with Crippen molar-refractivity contribution in [1.29, 1.82) is 0 Å². The molecule has 1 saturated heterocycles. The number of benzene rings is 1. The Morgan fingerprint density at radius 2 is 2.15 bits per heavy atom. The van der Waals surface area contributed by atoms with Gasteiger partial charge in [0.25, 0.3) is 0 Å². The maximum absolute atomic E-state index is 12.5. The van der Waals surface area contributed by atoms with E-state index >= 15 is 0 Å². The number of methoxy groups -OCH3 is 2. The van der Waals surface area contributed by atoms with Gasteiger partial charge in [0.2, 0.25) is 5.91 Å². The highest BCUT2D eigenvalue weighted by Gasteiger charge is 2.36. The van der Waals surface area contributed by atoms with Gasteiger partial charge in [-0.1, -0.05) is 6.07 Å². The van der Waals surface area contributed by atoms with Crippen LogP contribution in [-0.4, -0.2) is 65.5 Å². The molecule has 2 atom stereocenters. The summed E-state index contributed by atoms with van der Waals surface area (Å²) < 4.78 is 10.2. The molecule has 9 nitrogen and oxygen atoms in total.